The van der Waals surface area contributed by atoms with E-state index in [9.17, 15) is 0 Å². The molecule has 0 radical (unpaired) electrons. The van der Waals surface area contributed by atoms with Crippen LogP contribution in [0.1, 0.15) is 19.8 Å². The summed E-state index contributed by atoms with van der Waals surface area (Å²) in [6.45, 7) is 4.60. The third kappa shape index (κ3) is 2.74. The summed E-state index contributed by atoms with van der Waals surface area (Å²) in [6.07, 6.45) is 2.55. The number of hydrogen-bond donors (Lipinski definition) is 1. The molecule has 2 aromatic rings. The largest absolute Gasteiger partial charge is 0.365 e. The van der Waals surface area contributed by atoms with Crippen LogP contribution in [0.2, 0.25) is 0 Å². The molecule has 1 N–H and O–H groups in total. The Labute approximate surface area is 121 Å². The van der Waals surface area contributed by atoms with Crippen LogP contribution in [0.5, 0.6) is 0 Å². The summed E-state index contributed by atoms with van der Waals surface area (Å²) in [5.74, 6) is 0.854. The fraction of sp³-hybridized carbons (Fsp3) is 0.538. The van der Waals surface area contributed by atoms with Crippen molar-refractivity contribution in [2.75, 3.05) is 30.4 Å². The van der Waals surface area contributed by atoms with E-state index in [1.165, 1.54) is 12.8 Å². The normalized spacial score (nSPS) is 16.8. The maximum absolute atomic E-state index is 4.74. The zero-order valence-corrected chi connectivity index (χ0v) is 12.9. The lowest BCUT2D eigenvalue weighted by Crippen LogP contribution is -2.32. The van der Waals surface area contributed by atoms with Crippen LogP contribution in [-0.2, 0) is 0 Å². The number of nitrogens with one attached hydrogen (secondary N) is 1. The summed E-state index contributed by atoms with van der Waals surface area (Å²) in [4.78, 5) is 11.6. The summed E-state index contributed by atoms with van der Waals surface area (Å²) in [7, 11) is 1.89. The minimum absolute atomic E-state index is 0.854. The molecule has 0 saturated carbocycles. The Morgan fingerprint density at radius 1 is 1.16 bits per heavy atom. The molecule has 1 aliphatic rings. The average Bonchev–Trinajstić information content (AvgIpc) is 3.08. The van der Waals surface area contributed by atoms with Gasteiger partial charge in [-0.15, -0.1) is 22.7 Å². The summed E-state index contributed by atoms with van der Waals surface area (Å²) >= 11 is 3.35. The number of nitrogens with zero attached hydrogens (tertiary/aromatic N) is 3. The lowest BCUT2D eigenvalue weighted by atomic mass is 10.00. The second kappa shape index (κ2) is 5.46. The minimum atomic E-state index is 0.854. The van der Waals surface area contributed by atoms with E-state index in [2.05, 4.69) is 32.9 Å². The highest BCUT2D eigenvalue weighted by atomic mass is 32.1. The standard InChI is InChI=1S/C13H18N4S2/c1-9-3-5-17(6-4-9)13-16-11(8-19-13)10-7-18-12(14-2)15-10/h7-9H,3-6H2,1-2H3,(H,14,15). The summed E-state index contributed by atoms with van der Waals surface area (Å²) in [5, 5.41) is 9.32. The molecule has 0 atom stereocenters. The Kier molecular flexibility index (Phi) is 3.70. The zero-order chi connectivity index (χ0) is 13.2. The highest BCUT2D eigenvalue weighted by Crippen LogP contribution is 2.31. The van der Waals surface area contributed by atoms with Crippen LogP contribution in [0.3, 0.4) is 0 Å². The molecule has 3 rings (SSSR count). The van der Waals surface area contributed by atoms with Crippen LogP contribution >= 0.6 is 22.7 Å². The maximum Gasteiger partial charge on any atom is 0.185 e. The van der Waals surface area contributed by atoms with Gasteiger partial charge in [0.25, 0.3) is 0 Å². The smallest absolute Gasteiger partial charge is 0.185 e. The van der Waals surface area contributed by atoms with E-state index in [-0.39, 0.29) is 0 Å². The van der Waals surface area contributed by atoms with Gasteiger partial charge in [-0.2, -0.15) is 0 Å². The van der Waals surface area contributed by atoms with E-state index < -0.39 is 0 Å². The van der Waals surface area contributed by atoms with Crippen LogP contribution in [-0.4, -0.2) is 30.1 Å². The molecule has 0 amide bonds. The first-order valence-electron chi connectivity index (χ1n) is 6.60. The van der Waals surface area contributed by atoms with Gasteiger partial charge in [0.1, 0.15) is 11.4 Å². The van der Waals surface area contributed by atoms with Crippen LogP contribution in [0.4, 0.5) is 10.3 Å². The molecule has 3 heterocycles. The topological polar surface area (TPSA) is 41.1 Å². The number of anilines is 2. The van der Waals surface area contributed by atoms with Crippen molar-refractivity contribution in [3.63, 3.8) is 0 Å². The van der Waals surface area contributed by atoms with Gasteiger partial charge in [-0.1, -0.05) is 6.92 Å². The van der Waals surface area contributed by atoms with E-state index in [1.54, 1.807) is 22.7 Å². The van der Waals surface area contributed by atoms with Gasteiger partial charge < -0.3 is 10.2 Å². The Morgan fingerprint density at radius 3 is 2.53 bits per heavy atom. The molecular weight excluding hydrogens is 276 g/mol. The van der Waals surface area contributed by atoms with E-state index in [4.69, 9.17) is 4.98 Å². The first kappa shape index (κ1) is 12.9. The van der Waals surface area contributed by atoms with E-state index in [0.717, 1.165) is 40.7 Å². The third-order valence-corrected chi connectivity index (χ3v) is 5.29. The number of piperidine rings is 1. The Bertz CT molecular complexity index is 540. The van der Waals surface area contributed by atoms with Crippen LogP contribution in [0, 0.1) is 5.92 Å². The monoisotopic (exact) mass is 294 g/mol. The van der Waals surface area contributed by atoms with Crippen molar-refractivity contribution in [1.82, 2.24) is 9.97 Å². The molecule has 19 heavy (non-hydrogen) atoms. The Hall–Kier alpha value is -1.14. The summed E-state index contributed by atoms with van der Waals surface area (Å²) in [5.41, 5.74) is 1.97. The molecule has 0 bridgehead atoms. The van der Waals surface area contributed by atoms with Gasteiger partial charge in [-0.3, -0.25) is 0 Å². The fourth-order valence-corrected chi connectivity index (χ4v) is 3.77. The van der Waals surface area contributed by atoms with Gasteiger partial charge in [-0.05, 0) is 18.8 Å². The van der Waals surface area contributed by atoms with Crippen molar-refractivity contribution in [2.45, 2.75) is 19.8 Å². The number of aromatic nitrogens is 2. The van der Waals surface area contributed by atoms with E-state index in [0.29, 0.717) is 0 Å². The minimum Gasteiger partial charge on any atom is -0.365 e. The number of hydrogen-bond acceptors (Lipinski definition) is 6. The maximum atomic E-state index is 4.74. The number of thiazole rings is 2. The third-order valence-electron chi connectivity index (χ3n) is 3.53. The molecule has 1 aliphatic heterocycles. The quantitative estimate of drug-likeness (QED) is 0.940. The average molecular weight is 294 g/mol. The molecule has 102 valence electrons. The molecule has 1 saturated heterocycles. The van der Waals surface area contributed by atoms with Gasteiger partial charge in [0.2, 0.25) is 0 Å². The van der Waals surface area contributed by atoms with Crippen LogP contribution < -0.4 is 10.2 Å². The molecular formula is C13H18N4S2. The first-order valence-corrected chi connectivity index (χ1v) is 8.36. The highest BCUT2D eigenvalue weighted by molar-refractivity contribution is 7.14. The van der Waals surface area contributed by atoms with Gasteiger partial charge in [0.05, 0.1) is 0 Å². The van der Waals surface area contributed by atoms with Crippen molar-refractivity contribution in [3.8, 4) is 11.4 Å². The van der Waals surface area contributed by atoms with Gasteiger partial charge in [0.15, 0.2) is 10.3 Å². The van der Waals surface area contributed by atoms with Gasteiger partial charge >= 0.3 is 0 Å². The molecule has 0 aliphatic carbocycles. The van der Waals surface area contributed by atoms with Gasteiger partial charge in [0, 0.05) is 30.9 Å². The van der Waals surface area contributed by atoms with E-state index >= 15 is 0 Å². The van der Waals surface area contributed by atoms with Crippen molar-refractivity contribution >= 4 is 32.9 Å². The zero-order valence-electron chi connectivity index (χ0n) is 11.2. The van der Waals surface area contributed by atoms with Gasteiger partial charge in [-0.25, -0.2) is 9.97 Å². The van der Waals surface area contributed by atoms with Crippen LogP contribution in [0.25, 0.3) is 11.4 Å². The van der Waals surface area contributed by atoms with Crippen LogP contribution in [0.15, 0.2) is 10.8 Å². The lowest BCUT2D eigenvalue weighted by Gasteiger charge is -2.29. The SMILES string of the molecule is CNc1nc(-c2csc(N3CCC(C)CC3)n2)cs1. The van der Waals surface area contributed by atoms with Crippen molar-refractivity contribution < 1.29 is 0 Å². The second-order valence-corrected chi connectivity index (χ2v) is 6.67. The molecule has 0 spiro atoms. The van der Waals surface area contributed by atoms with Crippen molar-refractivity contribution in [1.29, 1.82) is 0 Å². The Morgan fingerprint density at radius 2 is 1.84 bits per heavy atom. The molecule has 1 fully saturated rings. The predicted octanol–water partition coefficient (Wildman–Crippen LogP) is 3.54. The lowest BCUT2D eigenvalue weighted by molar-refractivity contribution is 0.438. The molecule has 4 nitrogen and oxygen atoms in total. The number of rotatable bonds is 3. The first-order chi connectivity index (χ1) is 9.26. The summed E-state index contributed by atoms with van der Waals surface area (Å²) < 4.78 is 0. The fourth-order valence-electron chi connectivity index (χ4n) is 2.23. The molecule has 6 heteroatoms. The second-order valence-electron chi connectivity index (χ2n) is 4.97. The Balaban J connectivity index is 1.75. The van der Waals surface area contributed by atoms with Crippen molar-refractivity contribution in [3.05, 3.63) is 10.8 Å². The summed E-state index contributed by atoms with van der Waals surface area (Å²) in [6, 6.07) is 0. The highest BCUT2D eigenvalue weighted by Gasteiger charge is 2.19. The molecule has 2 aromatic heterocycles. The molecule has 0 aromatic carbocycles. The van der Waals surface area contributed by atoms with E-state index in [1.807, 2.05) is 7.05 Å². The van der Waals surface area contributed by atoms with Crippen molar-refractivity contribution in [2.24, 2.45) is 5.92 Å². The molecule has 0 unspecified atom stereocenters. The predicted molar refractivity (Wildman–Crippen MR) is 83.4 cm³/mol.